The third-order valence-electron chi connectivity index (χ3n) is 3.63. The van der Waals surface area contributed by atoms with Gasteiger partial charge in [-0.2, -0.15) is 0 Å². The Labute approximate surface area is 105 Å². The molecule has 0 radical (unpaired) electrons. The van der Waals surface area contributed by atoms with Crippen molar-refractivity contribution in [3.63, 3.8) is 0 Å². The van der Waals surface area contributed by atoms with Crippen molar-refractivity contribution in [2.45, 2.75) is 19.3 Å². The van der Waals surface area contributed by atoms with E-state index in [9.17, 15) is 4.39 Å². The van der Waals surface area contributed by atoms with Crippen LogP contribution in [-0.2, 0) is 0 Å². The first-order valence-electron chi connectivity index (χ1n) is 5.78. The van der Waals surface area contributed by atoms with Crippen LogP contribution in [0.15, 0.2) is 29.6 Å². The fraction of sp³-hybridized carbons (Fsp3) is 0.385. The molecule has 90 valence electrons. The largest absolute Gasteiger partial charge is 0.370 e. The first-order chi connectivity index (χ1) is 8.15. The molecule has 0 unspecified atom stereocenters. The number of allylic oxidation sites excluding steroid dienone is 2. The van der Waals surface area contributed by atoms with E-state index in [1.165, 1.54) is 17.5 Å². The molecule has 3 rings (SSSR count). The molecule has 17 heavy (non-hydrogen) atoms. The maximum absolute atomic E-state index is 13.8. The topological polar surface area (TPSA) is 15.3 Å². The van der Waals surface area contributed by atoms with Crippen molar-refractivity contribution in [3.05, 3.63) is 46.0 Å². The summed E-state index contributed by atoms with van der Waals surface area (Å²) in [6, 6.07) is 4.82. The van der Waals surface area contributed by atoms with Crippen LogP contribution in [0.2, 0.25) is 5.02 Å². The Balaban J connectivity index is 1.92. The molecule has 1 N–H and O–H groups in total. The quantitative estimate of drug-likeness (QED) is 0.827. The van der Waals surface area contributed by atoms with Gasteiger partial charge in [0.05, 0.1) is 6.67 Å². The smallest absolute Gasteiger partial charge is 0.126 e. The van der Waals surface area contributed by atoms with Crippen LogP contribution in [0.25, 0.3) is 0 Å². The van der Waals surface area contributed by atoms with E-state index in [1.807, 2.05) is 0 Å². The van der Waals surface area contributed by atoms with Gasteiger partial charge in [-0.15, -0.1) is 0 Å². The van der Waals surface area contributed by atoms with Crippen LogP contribution in [0.4, 0.5) is 4.39 Å². The summed E-state index contributed by atoms with van der Waals surface area (Å²) in [4.78, 5) is 2.28. The Kier molecular flexibility index (Phi) is 2.51. The number of halogens is 2. The fourth-order valence-corrected chi connectivity index (χ4v) is 2.89. The number of benzene rings is 1. The second-order valence-corrected chi connectivity index (χ2v) is 5.13. The van der Waals surface area contributed by atoms with Gasteiger partial charge in [-0.05, 0) is 37.1 Å². The molecule has 0 spiro atoms. The summed E-state index contributed by atoms with van der Waals surface area (Å²) < 4.78 is 13.8. The van der Waals surface area contributed by atoms with Crippen molar-refractivity contribution in [3.8, 4) is 0 Å². The predicted molar refractivity (Wildman–Crippen MR) is 66.2 cm³/mol. The van der Waals surface area contributed by atoms with Crippen molar-refractivity contribution >= 4 is 11.6 Å². The summed E-state index contributed by atoms with van der Waals surface area (Å²) in [6.45, 7) is 3.79. The second kappa shape index (κ2) is 3.91. The Morgan fingerprint density at radius 1 is 1.47 bits per heavy atom. The lowest BCUT2D eigenvalue weighted by Crippen LogP contribution is -2.22. The lowest BCUT2D eigenvalue weighted by atomic mass is 9.97. The summed E-state index contributed by atoms with van der Waals surface area (Å²) in [5.74, 6) is 0.0764. The average Bonchev–Trinajstić information content (AvgIpc) is 2.85. The highest BCUT2D eigenvalue weighted by atomic mass is 35.5. The highest BCUT2D eigenvalue weighted by Crippen LogP contribution is 2.38. The third-order valence-corrected chi connectivity index (χ3v) is 3.86. The van der Waals surface area contributed by atoms with E-state index >= 15 is 0 Å². The van der Waals surface area contributed by atoms with Crippen LogP contribution in [0, 0.1) is 5.82 Å². The van der Waals surface area contributed by atoms with E-state index in [2.05, 4.69) is 17.1 Å². The maximum Gasteiger partial charge on any atom is 0.126 e. The van der Waals surface area contributed by atoms with E-state index in [4.69, 9.17) is 11.6 Å². The molecule has 1 aromatic rings. The number of fused-ring (bicyclic) bond motifs is 1. The van der Waals surface area contributed by atoms with Gasteiger partial charge in [0.15, 0.2) is 0 Å². The van der Waals surface area contributed by atoms with Crippen molar-refractivity contribution < 1.29 is 4.39 Å². The molecular formula is C13H14ClFN2. The summed E-state index contributed by atoms with van der Waals surface area (Å²) in [6.07, 6.45) is 0.899. The highest BCUT2D eigenvalue weighted by molar-refractivity contribution is 6.30. The minimum Gasteiger partial charge on any atom is -0.370 e. The van der Waals surface area contributed by atoms with Crippen LogP contribution in [0.5, 0.6) is 0 Å². The van der Waals surface area contributed by atoms with Crippen molar-refractivity contribution in [2.24, 2.45) is 0 Å². The maximum atomic E-state index is 13.8. The van der Waals surface area contributed by atoms with Gasteiger partial charge in [-0.1, -0.05) is 11.6 Å². The van der Waals surface area contributed by atoms with Crippen molar-refractivity contribution in [2.75, 3.05) is 13.2 Å². The lowest BCUT2D eigenvalue weighted by Gasteiger charge is -2.14. The van der Waals surface area contributed by atoms with Gasteiger partial charge in [0.25, 0.3) is 0 Å². The van der Waals surface area contributed by atoms with Crippen LogP contribution >= 0.6 is 11.6 Å². The second-order valence-electron chi connectivity index (χ2n) is 4.70. The zero-order valence-corrected chi connectivity index (χ0v) is 10.4. The van der Waals surface area contributed by atoms with Crippen LogP contribution in [-0.4, -0.2) is 18.1 Å². The molecular weight excluding hydrogens is 239 g/mol. The fourth-order valence-electron chi connectivity index (χ4n) is 2.71. The predicted octanol–water partition coefficient (Wildman–Crippen LogP) is 3.06. The molecule has 1 saturated heterocycles. The van der Waals surface area contributed by atoms with Crippen LogP contribution in [0.1, 0.15) is 24.8 Å². The Morgan fingerprint density at radius 2 is 2.29 bits per heavy atom. The molecule has 0 bridgehead atoms. The number of nitrogens with zero attached hydrogens (tertiary/aromatic N) is 1. The van der Waals surface area contributed by atoms with Crippen LogP contribution < -0.4 is 5.32 Å². The van der Waals surface area contributed by atoms with Gasteiger partial charge in [-0.25, -0.2) is 4.39 Å². The zero-order valence-electron chi connectivity index (χ0n) is 9.63. The monoisotopic (exact) mass is 252 g/mol. The summed E-state index contributed by atoms with van der Waals surface area (Å²) in [5, 5.41) is 3.91. The molecule has 2 nitrogen and oxygen atoms in total. The highest BCUT2D eigenvalue weighted by Gasteiger charge is 2.33. The SMILES string of the molecule is CC1=C2C[C@@H](c3cc(Cl)ccc3F)CN2CN1. The summed E-state index contributed by atoms with van der Waals surface area (Å²) in [5.41, 5.74) is 3.27. The molecule has 1 fully saturated rings. The molecule has 1 aromatic carbocycles. The molecule has 2 aliphatic rings. The molecule has 0 saturated carbocycles. The minimum absolute atomic E-state index is 0.146. The Morgan fingerprint density at radius 3 is 3.06 bits per heavy atom. The summed E-state index contributed by atoms with van der Waals surface area (Å²) in [7, 11) is 0. The molecule has 2 aliphatic heterocycles. The van der Waals surface area contributed by atoms with Crippen molar-refractivity contribution in [1.82, 2.24) is 10.2 Å². The molecule has 2 heterocycles. The zero-order chi connectivity index (χ0) is 12.0. The van der Waals surface area contributed by atoms with Gasteiger partial charge in [0.1, 0.15) is 5.82 Å². The Hall–Kier alpha value is -1.22. The number of hydrogen-bond acceptors (Lipinski definition) is 2. The first kappa shape index (κ1) is 10.9. The number of nitrogens with one attached hydrogen (secondary N) is 1. The average molecular weight is 253 g/mol. The van der Waals surface area contributed by atoms with Crippen LogP contribution in [0.3, 0.4) is 0 Å². The van der Waals surface area contributed by atoms with Gasteiger partial charge >= 0.3 is 0 Å². The van der Waals surface area contributed by atoms with E-state index < -0.39 is 0 Å². The lowest BCUT2D eigenvalue weighted by molar-refractivity contribution is 0.397. The normalized spacial score (nSPS) is 23.0. The number of hydrogen-bond donors (Lipinski definition) is 1. The van der Waals surface area contributed by atoms with Gasteiger partial charge < -0.3 is 10.2 Å². The summed E-state index contributed by atoms with van der Waals surface area (Å²) >= 11 is 5.94. The molecule has 0 aliphatic carbocycles. The van der Waals surface area contributed by atoms with E-state index in [0.29, 0.717) is 5.02 Å². The molecule has 0 amide bonds. The number of rotatable bonds is 1. The Bertz CT molecular complexity index is 498. The van der Waals surface area contributed by atoms with Gasteiger partial charge in [0.2, 0.25) is 0 Å². The third kappa shape index (κ3) is 1.78. The first-order valence-corrected chi connectivity index (χ1v) is 6.16. The molecule has 1 atom stereocenters. The standard InChI is InChI=1S/C13H14ClFN2/c1-8-13-4-9(6-17(13)7-16-8)11-5-10(14)2-3-12(11)15/h2-3,5,9,16H,4,6-7H2,1H3/t9-/m1/s1. The van der Waals surface area contributed by atoms with E-state index in [1.54, 1.807) is 12.1 Å². The van der Waals surface area contributed by atoms with Crippen molar-refractivity contribution in [1.29, 1.82) is 0 Å². The molecule has 4 heteroatoms. The van der Waals surface area contributed by atoms with E-state index in [-0.39, 0.29) is 11.7 Å². The van der Waals surface area contributed by atoms with Gasteiger partial charge in [0, 0.05) is 28.9 Å². The van der Waals surface area contributed by atoms with Gasteiger partial charge in [-0.3, -0.25) is 0 Å². The molecule has 0 aromatic heterocycles. The minimum atomic E-state index is -0.146. The van der Waals surface area contributed by atoms with E-state index in [0.717, 1.165) is 25.2 Å².